The van der Waals surface area contributed by atoms with Crippen LogP contribution in [0.3, 0.4) is 0 Å². The first kappa shape index (κ1) is 29.4. The van der Waals surface area contributed by atoms with E-state index in [0.717, 1.165) is 15.2 Å². The average Bonchev–Trinajstić information content (AvgIpc) is 1.75. The molecule has 0 saturated carbocycles. The molecule has 45 valence electrons. The molecule has 0 saturated heterocycles. The van der Waals surface area contributed by atoms with E-state index in [1.807, 2.05) is 0 Å². The maximum absolute atomic E-state index is 8.17. The van der Waals surface area contributed by atoms with Crippen molar-refractivity contribution in [3.8, 4) is 0 Å². The maximum atomic E-state index is 8.17. The van der Waals surface area contributed by atoms with Crippen LogP contribution in [0.5, 0.6) is 0 Å². The molecule has 0 aliphatic heterocycles. The van der Waals surface area contributed by atoms with E-state index in [1.54, 1.807) is 0 Å². The van der Waals surface area contributed by atoms with Gasteiger partial charge in [-0.25, -0.2) is 0 Å². The molecule has 0 aromatic carbocycles. The molecular weight excluding hydrogens is 179 g/mol. The molecule has 6 heteroatoms. The van der Waals surface area contributed by atoms with Gasteiger partial charge in [-0.3, -0.25) is 0 Å². The zero-order valence-electron chi connectivity index (χ0n) is 7.13. The van der Waals surface area contributed by atoms with Crippen LogP contribution in [-0.4, -0.2) is 85.0 Å². The molecule has 0 aromatic heterocycles. The zero-order valence-corrected chi connectivity index (χ0v) is 11.8. The second-order valence-corrected chi connectivity index (χ2v) is 3.32. The Labute approximate surface area is 112 Å². The Hall–Kier alpha value is 2.53. The van der Waals surface area contributed by atoms with Gasteiger partial charge in [0.1, 0.15) is 0 Å². The van der Waals surface area contributed by atoms with E-state index >= 15 is 0 Å². The quantitative estimate of drug-likeness (QED) is 0.555. The van der Waals surface area contributed by atoms with E-state index < -0.39 is 0 Å². The van der Waals surface area contributed by atoms with Crippen LogP contribution in [0.25, 0.3) is 0 Å². The predicted molar refractivity (Wildman–Crippen MR) is 50.4 cm³/mol. The van der Waals surface area contributed by atoms with Crippen LogP contribution in [0.4, 0.5) is 0 Å². The Kier molecular flexibility index (Phi) is 123. The summed E-state index contributed by atoms with van der Waals surface area (Å²) in [5.41, 5.74) is 0. The Bertz CT molecular complexity index is 31.2. The molecule has 0 bridgehead atoms. The first-order valence-electron chi connectivity index (χ1n) is 2.47. The first-order chi connectivity index (χ1) is 3.41. The average molecular weight is 189 g/mol. The van der Waals surface area contributed by atoms with E-state index in [1.165, 1.54) is 26.8 Å². The van der Waals surface area contributed by atoms with Crippen LogP contribution in [-0.2, 0) is 3.80 Å². The third-order valence-electron chi connectivity index (χ3n) is 0.577. The van der Waals surface area contributed by atoms with Gasteiger partial charge in [0.2, 0.25) is 0 Å². The summed E-state index contributed by atoms with van der Waals surface area (Å²) < 4.78 is 8.17. The van der Waals surface area contributed by atoms with E-state index in [0.29, 0.717) is 0 Å². The van der Waals surface area contributed by atoms with Crippen LogP contribution in [0.2, 0.25) is 10.6 Å². The van der Waals surface area contributed by atoms with Crippen molar-refractivity contribution in [1.29, 1.82) is 0 Å². The van der Waals surface area contributed by atoms with Crippen molar-refractivity contribution in [3.05, 3.63) is 0 Å². The van der Waals surface area contributed by atoms with E-state index in [2.05, 4.69) is 13.8 Å². The molecule has 10 heavy (non-hydrogen) atoms. The van der Waals surface area contributed by atoms with Crippen LogP contribution in [0, 0.1) is 0 Å². The van der Waals surface area contributed by atoms with E-state index in [4.69, 9.17) is 3.80 Å². The monoisotopic (exact) mass is 189 g/mol. The van der Waals surface area contributed by atoms with Gasteiger partial charge in [0.25, 0.3) is 0 Å². The van der Waals surface area contributed by atoms with Crippen LogP contribution in [0.15, 0.2) is 0 Å². The van der Waals surface area contributed by atoms with E-state index in [9.17, 15) is 0 Å². The van der Waals surface area contributed by atoms with Gasteiger partial charge in [0.15, 0.2) is 15.2 Å². The molecule has 0 unspecified atom stereocenters. The Morgan fingerprint density at radius 2 is 1.30 bits per heavy atom. The van der Waals surface area contributed by atoms with Crippen molar-refractivity contribution >= 4 is 85.0 Å². The van der Waals surface area contributed by atoms with Gasteiger partial charge in [0, 0.05) is 53.6 Å². The predicted octanol–water partition coefficient (Wildman–Crippen LogP) is -0.0750. The normalized spacial score (nSPS) is 4.10. The molecule has 0 aliphatic rings. The fourth-order valence-electron chi connectivity index (χ4n) is 0.289. The topological polar surface area (TPSA) is 17.1 Å². The molecule has 0 aliphatic carbocycles. The van der Waals surface area contributed by atoms with Gasteiger partial charge in [-0.2, -0.15) is 0 Å². The molecule has 0 fully saturated rings. The SMILES string of the molecule is C[CH2][Al][CH2]C.[Al].[Al].[Li].[O]=[Al]. The summed E-state index contributed by atoms with van der Waals surface area (Å²) in [6.45, 7) is 4.50. The van der Waals surface area contributed by atoms with Crippen molar-refractivity contribution in [2.75, 3.05) is 0 Å². The van der Waals surface area contributed by atoms with Gasteiger partial charge in [-0.1, -0.05) is 13.8 Å². The van der Waals surface area contributed by atoms with Crippen LogP contribution in [0.1, 0.15) is 13.8 Å². The molecule has 0 spiro atoms. The standard InChI is InChI=1S/2C2H5.4Al.Li.O/c2*1-2;;;;;;/h2*1H2,2H3;;;;;;. The van der Waals surface area contributed by atoms with Crippen LogP contribution < -0.4 is 0 Å². The summed E-state index contributed by atoms with van der Waals surface area (Å²) in [5, 5.41) is 2.85. The second-order valence-electron chi connectivity index (χ2n) is 1.11. The van der Waals surface area contributed by atoms with Crippen molar-refractivity contribution in [3.63, 3.8) is 0 Å². The van der Waals surface area contributed by atoms with Gasteiger partial charge >= 0.3 is 20.0 Å². The summed E-state index contributed by atoms with van der Waals surface area (Å²) >= 11 is 1.98. The summed E-state index contributed by atoms with van der Waals surface area (Å²) in [6.07, 6.45) is 0. The molecule has 1 nitrogen and oxygen atoms in total. The van der Waals surface area contributed by atoms with E-state index in [-0.39, 0.29) is 53.6 Å². The summed E-state index contributed by atoms with van der Waals surface area (Å²) in [5.74, 6) is 0. The zero-order chi connectivity index (χ0) is 6.12. The molecule has 9 radical (unpaired) electrons. The Balaban J connectivity index is -0.0000000154. The van der Waals surface area contributed by atoms with Crippen molar-refractivity contribution in [2.45, 2.75) is 24.4 Å². The summed E-state index contributed by atoms with van der Waals surface area (Å²) in [4.78, 5) is 0. The van der Waals surface area contributed by atoms with Crippen molar-refractivity contribution in [2.24, 2.45) is 0 Å². The third kappa shape index (κ3) is 46.6. The van der Waals surface area contributed by atoms with Gasteiger partial charge in [-0.15, -0.1) is 10.6 Å². The van der Waals surface area contributed by atoms with Gasteiger partial charge < -0.3 is 0 Å². The molecule has 0 aromatic rings. The van der Waals surface area contributed by atoms with Crippen LogP contribution >= 0.6 is 0 Å². The first-order valence-corrected chi connectivity index (χ1v) is 4.57. The fraction of sp³-hybridized carbons (Fsp3) is 1.00. The molecule has 0 heterocycles. The summed E-state index contributed by atoms with van der Waals surface area (Å²) in [6, 6.07) is 0. The fourth-order valence-corrected chi connectivity index (χ4v) is 0.866. The third-order valence-corrected chi connectivity index (χ3v) is 1.73. The molecule has 0 N–H and O–H groups in total. The van der Waals surface area contributed by atoms with Gasteiger partial charge in [-0.05, 0) is 0 Å². The Morgan fingerprint density at radius 1 is 1.10 bits per heavy atom. The number of hydrogen-bond acceptors (Lipinski definition) is 1. The number of rotatable bonds is 2. The molecule has 0 amide bonds. The van der Waals surface area contributed by atoms with Crippen molar-refractivity contribution in [1.82, 2.24) is 0 Å². The number of hydrogen-bond donors (Lipinski definition) is 0. The van der Waals surface area contributed by atoms with Gasteiger partial charge in [0.05, 0.1) is 0 Å². The molecular formula is C4H10Al4LiO. The Morgan fingerprint density at radius 3 is 1.30 bits per heavy atom. The van der Waals surface area contributed by atoms with Crippen molar-refractivity contribution < 1.29 is 3.80 Å². The minimum atomic E-state index is 0. The molecule has 0 rings (SSSR count). The second kappa shape index (κ2) is 41.8. The minimum absolute atomic E-state index is 0. The molecule has 0 atom stereocenters. The summed E-state index contributed by atoms with van der Waals surface area (Å²) in [7, 11) is 0.